The summed E-state index contributed by atoms with van der Waals surface area (Å²) in [6.07, 6.45) is 3.19. The fourth-order valence-electron chi connectivity index (χ4n) is 2.87. The summed E-state index contributed by atoms with van der Waals surface area (Å²) in [6, 6.07) is 5.60. The molecule has 0 saturated carbocycles. The topological polar surface area (TPSA) is 33.5 Å². The van der Waals surface area contributed by atoms with E-state index >= 15 is 0 Å². The zero-order chi connectivity index (χ0) is 14.5. The first-order valence-corrected chi connectivity index (χ1v) is 7.82. The molecule has 2 atom stereocenters. The van der Waals surface area contributed by atoms with Gasteiger partial charge in [0.1, 0.15) is 0 Å². The summed E-state index contributed by atoms with van der Waals surface area (Å²) >= 11 is 6.06. The van der Waals surface area contributed by atoms with Crippen LogP contribution in [0.3, 0.4) is 0 Å². The van der Waals surface area contributed by atoms with E-state index in [-0.39, 0.29) is 5.91 Å². The molecular weight excluding hydrogens is 272 g/mol. The van der Waals surface area contributed by atoms with Gasteiger partial charge in [-0.3, -0.25) is 4.79 Å². The lowest BCUT2D eigenvalue weighted by molar-refractivity contribution is -0.907. The van der Waals surface area contributed by atoms with Crippen LogP contribution in [-0.4, -0.2) is 25.5 Å². The third-order valence-electron chi connectivity index (χ3n) is 4.11. The lowest BCUT2D eigenvalue weighted by Crippen LogP contribution is -3.13. The van der Waals surface area contributed by atoms with E-state index in [1.54, 1.807) is 4.90 Å². The molecule has 0 aliphatic carbocycles. The second kappa shape index (κ2) is 7.09. The van der Waals surface area contributed by atoms with Crippen molar-refractivity contribution in [1.82, 2.24) is 0 Å². The van der Waals surface area contributed by atoms with Gasteiger partial charge in [0.05, 0.1) is 26.1 Å². The normalized spacial score (nSPS) is 22.6. The van der Waals surface area contributed by atoms with Crippen LogP contribution in [0.5, 0.6) is 0 Å². The van der Waals surface area contributed by atoms with Crippen molar-refractivity contribution in [2.45, 2.75) is 33.1 Å². The first-order chi connectivity index (χ1) is 9.56. The summed E-state index contributed by atoms with van der Waals surface area (Å²) in [5.74, 6) is 0.873. The molecule has 1 aromatic rings. The van der Waals surface area contributed by atoms with Gasteiger partial charge in [-0.25, -0.2) is 0 Å². The summed E-state index contributed by atoms with van der Waals surface area (Å²) in [4.78, 5) is 13.6. The summed E-state index contributed by atoms with van der Waals surface area (Å²) < 4.78 is 0. The van der Waals surface area contributed by atoms with Crippen molar-refractivity contribution < 1.29 is 9.69 Å². The maximum atomic E-state index is 12.0. The van der Waals surface area contributed by atoms with Gasteiger partial charge in [-0.2, -0.15) is 0 Å². The van der Waals surface area contributed by atoms with Gasteiger partial charge in [0.25, 0.3) is 0 Å². The van der Waals surface area contributed by atoms with Crippen molar-refractivity contribution >= 4 is 23.2 Å². The average molecular weight is 296 g/mol. The van der Waals surface area contributed by atoms with Gasteiger partial charge in [0, 0.05) is 16.6 Å². The summed E-state index contributed by atoms with van der Waals surface area (Å²) in [7, 11) is 0. The molecule has 1 saturated heterocycles. The van der Waals surface area contributed by atoms with Crippen LogP contribution in [0.1, 0.15) is 31.7 Å². The van der Waals surface area contributed by atoms with Gasteiger partial charge in [-0.1, -0.05) is 24.6 Å². The Morgan fingerprint density at radius 2 is 2.30 bits per heavy atom. The number of anilines is 1. The molecule has 0 radical (unpaired) electrons. The highest BCUT2D eigenvalue weighted by atomic mass is 35.5. The van der Waals surface area contributed by atoms with Gasteiger partial charge in [0.2, 0.25) is 5.91 Å². The zero-order valence-electron chi connectivity index (χ0n) is 12.3. The molecule has 2 rings (SSSR count). The van der Waals surface area contributed by atoms with Crippen molar-refractivity contribution in [3.63, 3.8) is 0 Å². The Bertz CT molecular complexity index is 476. The van der Waals surface area contributed by atoms with E-state index in [0.29, 0.717) is 11.4 Å². The van der Waals surface area contributed by atoms with Crippen LogP contribution in [0.25, 0.3) is 0 Å². The molecule has 2 N–H and O–H groups in total. The number of benzene rings is 1. The minimum atomic E-state index is 0.0843. The summed E-state index contributed by atoms with van der Waals surface area (Å²) in [6.45, 7) is 7.55. The van der Waals surface area contributed by atoms with Gasteiger partial charge >= 0.3 is 0 Å². The lowest BCUT2D eigenvalue weighted by Gasteiger charge is -2.27. The average Bonchev–Trinajstić information content (AvgIpc) is 2.42. The van der Waals surface area contributed by atoms with Gasteiger partial charge in [-0.05, 0) is 37.5 Å². The number of quaternary nitrogens is 1. The highest BCUT2D eigenvalue weighted by Gasteiger charge is 2.20. The Balaban J connectivity index is 1.82. The van der Waals surface area contributed by atoms with Crippen molar-refractivity contribution in [3.8, 4) is 0 Å². The smallest absolute Gasteiger partial charge is 0.230 e. The van der Waals surface area contributed by atoms with Crippen molar-refractivity contribution in [2.75, 3.05) is 25.0 Å². The molecule has 4 heteroatoms. The number of nitrogens with one attached hydrogen (secondary N) is 2. The molecule has 1 amide bonds. The predicted molar refractivity (Wildman–Crippen MR) is 83.4 cm³/mol. The van der Waals surface area contributed by atoms with Crippen LogP contribution in [0.15, 0.2) is 18.2 Å². The molecule has 20 heavy (non-hydrogen) atoms. The number of piperidine rings is 1. The van der Waals surface area contributed by atoms with E-state index in [2.05, 4.69) is 12.2 Å². The quantitative estimate of drug-likeness (QED) is 0.878. The summed E-state index contributed by atoms with van der Waals surface area (Å²) in [5, 5.41) is 3.66. The third kappa shape index (κ3) is 4.22. The number of hydrogen-bond acceptors (Lipinski definition) is 1. The molecule has 1 aromatic carbocycles. The van der Waals surface area contributed by atoms with Crippen LogP contribution < -0.4 is 10.2 Å². The fourth-order valence-corrected chi connectivity index (χ4v) is 3.04. The van der Waals surface area contributed by atoms with Crippen molar-refractivity contribution in [2.24, 2.45) is 5.92 Å². The predicted octanol–water partition coefficient (Wildman–Crippen LogP) is 2.29. The lowest BCUT2D eigenvalue weighted by atomic mass is 10.0. The SMILES string of the molecule is Cc1c(Cl)cccc1NC(=O)CC[NH+]1CCCC(C)C1. The second-order valence-electron chi connectivity index (χ2n) is 5.91. The Kier molecular flexibility index (Phi) is 5.44. The number of rotatable bonds is 4. The van der Waals surface area contributed by atoms with Crippen LogP contribution in [0.2, 0.25) is 5.02 Å². The summed E-state index contributed by atoms with van der Waals surface area (Å²) in [5.41, 5.74) is 1.76. The highest BCUT2D eigenvalue weighted by molar-refractivity contribution is 6.31. The standard InChI is InChI=1S/C16H23ClN2O/c1-12-5-4-9-19(11-12)10-8-16(20)18-15-7-3-6-14(17)13(15)2/h3,6-7,12H,4-5,8-11H2,1-2H3,(H,18,20)/p+1. The zero-order valence-corrected chi connectivity index (χ0v) is 13.1. The number of likely N-dealkylation sites (tertiary alicyclic amines) is 1. The molecular formula is C16H24ClN2O+. The Hall–Kier alpha value is -1.06. The van der Waals surface area contributed by atoms with Crippen LogP contribution >= 0.6 is 11.6 Å². The van der Waals surface area contributed by atoms with E-state index < -0.39 is 0 Å². The number of hydrogen-bond donors (Lipinski definition) is 2. The van der Waals surface area contributed by atoms with E-state index in [0.717, 1.165) is 23.7 Å². The minimum Gasteiger partial charge on any atom is -0.334 e. The molecule has 1 heterocycles. The Morgan fingerprint density at radius 3 is 3.05 bits per heavy atom. The largest absolute Gasteiger partial charge is 0.334 e. The fraction of sp³-hybridized carbons (Fsp3) is 0.562. The molecule has 1 aliphatic rings. The molecule has 0 bridgehead atoms. The molecule has 3 nitrogen and oxygen atoms in total. The number of carbonyl (C=O) groups is 1. The highest BCUT2D eigenvalue weighted by Crippen LogP contribution is 2.22. The second-order valence-corrected chi connectivity index (χ2v) is 6.32. The monoisotopic (exact) mass is 295 g/mol. The molecule has 2 unspecified atom stereocenters. The molecule has 110 valence electrons. The van der Waals surface area contributed by atoms with Gasteiger partial charge in [0.15, 0.2) is 0 Å². The van der Waals surface area contributed by atoms with E-state index in [1.807, 2.05) is 25.1 Å². The molecule has 1 aliphatic heterocycles. The van der Waals surface area contributed by atoms with Gasteiger partial charge in [-0.15, -0.1) is 0 Å². The number of halogens is 1. The van der Waals surface area contributed by atoms with Gasteiger partial charge < -0.3 is 10.2 Å². The maximum absolute atomic E-state index is 12.0. The Morgan fingerprint density at radius 1 is 1.50 bits per heavy atom. The molecule has 1 fully saturated rings. The van der Waals surface area contributed by atoms with E-state index in [9.17, 15) is 4.79 Å². The molecule has 0 aromatic heterocycles. The minimum absolute atomic E-state index is 0.0843. The third-order valence-corrected chi connectivity index (χ3v) is 4.52. The van der Waals surface area contributed by atoms with Crippen LogP contribution in [0, 0.1) is 12.8 Å². The first-order valence-electron chi connectivity index (χ1n) is 7.45. The van der Waals surface area contributed by atoms with E-state index in [1.165, 1.54) is 25.9 Å². The molecule has 0 spiro atoms. The number of amides is 1. The number of carbonyl (C=O) groups excluding carboxylic acids is 1. The first kappa shape index (κ1) is 15.3. The van der Waals surface area contributed by atoms with Crippen LogP contribution in [-0.2, 0) is 4.79 Å². The maximum Gasteiger partial charge on any atom is 0.230 e. The van der Waals surface area contributed by atoms with Crippen LogP contribution in [0.4, 0.5) is 5.69 Å². The van der Waals surface area contributed by atoms with Crippen molar-refractivity contribution in [3.05, 3.63) is 28.8 Å². The van der Waals surface area contributed by atoms with E-state index in [4.69, 9.17) is 11.6 Å². The van der Waals surface area contributed by atoms with Crippen molar-refractivity contribution in [1.29, 1.82) is 0 Å². The Labute approximate surface area is 126 Å².